The topological polar surface area (TPSA) is 90.1 Å². The van der Waals surface area contributed by atoms with Crippen molar-refractivity contribution >= 4 is 29.9 Å². The van der Waals surface area contributed by atoms with Gasteiger partial charge in [0.05, 0.1) is 12.7 Å². The van der Waals surface area contributed by atoms with Crippen LogP contribution in [0, 0.1) is 0 Å². The van der Waals surface area contributed by atoms with Crippen LogP contribution in [0.3, 0.4) is 0 Å². The molecule has 0 bridgehead atoms. The molecule has 160 valence electrons. The number of aliphatic imine (C=N–C) groups is 1. The summed E-state index contributed by atoms with van der Waals surface area (Å²) in [5, 5.41) is 6.44. The number of fused-ring (bicyclic) bond motifs is 1. The average molecular weight is 516 g/mol. The van der Waals surface area contributed by atoms with Crippen LogP contribution in [0.15, 0.2) is 33.8 Å². The molecule has 1 aliphatic heterocycles. The van der Waals surface area contributed by atoms with Crippen molar-refractivity contribution in [2.75, 3.05) is 26.5 Å². The van der Waals surface area contributed by atoms with Crippen molar-refractivity contribution < 1.29 is 18.6 Å². The molecular weight excluding hydrogens is 487 g/mol. The molecule has 1 aliphatic rings. The van der Waals surface area contributed by atoms with Crippen molar-refractivity contribution in [2.24, 2.45) is 4.99 Å². The van der Waals surface area contributed by atoms with Gasteiger partial charge in [0, 0.05) is 18.0 Å². The second-order valence-electron chi connectivity index (χ2n) is 7.35. The van der Waals surface area contributed by atoms with Gasteiger partial charge in [0.15, 0.2) is 17.5 Å². The van der Waals surface area contributed by atoms with Gasteiger partial charge in [-0.1, -0.05) is 20.8 Å². The molecule has 9 heteroatoms. The standard InChI is InChI=1S/C20H28N4O4.HI/c1-5-21-19(24-12-18-23-11-17(28-18)20(2,3)4)22-8-9-25-14-6-7-15-16(10-14)27-13-26-15;/h6-7,10-11H,5,8-9,12-13H2,1-4H3,(H2,21,22,24);1H. The van der Waals surface area contributed by atoms with Gasteiger partial charge >= 0.3 is 0 Å². The number of nitrogens with one attached hydrogen (secondary N) is 2. The Morgan fingerprint density at radius 1 is 1.21 bits per heavy atom. The summed E-state index contributed by atoms with van der Waals surface area (Å²) in [6.45, 7) is 10.7. The van der Waals surface area contributed by atoms with E-state index in [0.717, 1.165) is 23.8 Å². The maximum Gasteiger partial charge on any atom is 0.231 e. The van der Waals surface area contributed by atoms with Crippen molar-refractivity contribution in [3.63, 3.8) is 0 Å². The number of oxazole rings is 1. The second kappa shape index (κ2) is 10.6. The van der Waals surface area contributed by atoms with Crippen molar-refractivity contribution in [3.05, 3.63) is 36.0 Å². The van der Waals surface area contributed by atoms with E-state index in [4.69, 9.17) is 18.6 Å². The zero-order chi connectivity index (χ0) is 20.0. The van der Waals surface area contributed by atoms with E-state index in [9.17, 15) is 0 Å². The lowest BCUT2D eigenvalue weighted by molar-refractivity contribution is 0.173. The fourth-order valence-electron chi connectivity index (χ4n) is 2.52. The summed E-state index contributed by atoms with van der Waals surface area (Å²) in [6, 6.07) is 5.54. The normalized spacial score (nSPS) is 13.0. The second-order valence-corrected chi connectivity index (χ2v) is 7.35. The first kappa shape index (κ1) is 23.1. The molecule has 29 heavy (non-hydrogen) atoms. The largest absolute Gasteiger partial charge is 0.492 e. The molecule has 0 saturated carbocycles. The minimum absolute atomic E-state index is 0. The first-order valence-electron chi connectivity index (χ1n) is 9.45. The molecule has 1 aromatic heterocycles. The van der Waals surface area contributed by atoms with Crippen LogP contribution in [-0.2, 0) is 12.0 Å². The Hall–Kier alpha value is -2.17. The third kappa shape index (κ3) is 6.69. The molecule has 2 heterocycles. The van der Waals surface area contributed by atoms with Gasteiger partial charge in [0.2, 0.25) is 12.7 Å². The molecule has 8 nitrogen and oxygen atoms in total. The highest BCUT2D eigenvalue weighted by Crippen LogP contribution is 2.34. The minimum Gasteiger partial charge on any atom is -0.492 e. The van der Waals surface area contributed by atoms with Crippen molar-refractivity contribution in [2.45, 2.75) is 39.7 Å². The third-order valence-electron chi connectivity index (χ3n) is 4.02. The first-order valence-corrected chi connectivity index (χ1v) is 9.45. The number of nitrogens with zero attached hydrogens (tertiary/aromatic N) is 2. The minimum atomic E-state index is -0.0657. The quantitative estimate of drug-likeness (QED) is 0.252. The van der Waals surface area contributed by atoms with Crippen LogP contribution >= 0.6 is 24.0 Å². The average Bonchev–Trinajstić information content (AvgIpc) is 3.31. The number of ether oxygens (including phenoxy) is 3. The number of hydrogen-bond acceptors (Lipinski definition) is 6. The van der Waals surface area contributed by atoms with Crippen LogP contribution in [0.5, 0.6) is 17.2 Å². The van der Waals surface area contributed by atoms with E-state index in [0.29, 0.717) is 37.3 Å². The van der Waals surface area contributed by atoms with E-state index in [1.807, 2.05) is 25.1 Å². The van der Waals surface area contributed by atoms with Gasteiger partial charge in [-0.15, -0.1) is 24.0 Å². The Bertz CT molecular complexity index is 817. The van der Waals surface area contributed by atoms with Crippen LogP contribution in [0.1, 0.15) is 39.3 Å². The van der Waals surface area contributed by atoms with Crippen LogP contribution in [0.4, 0.5) is 0 Å². The van der Waals surface area contributed by atoms with Gasteiger partial charge in [-0.25, -0.2) is 9.98 Å². The summed E-state index contributed by atoms with van der Waals surface area (Å²) in [6.07, 6.45) is 1.77. The fourth-order valence-corrected chi connectivity index (χ4v) is 2.52. The highest BCUT2D eigenvalue weighted by atomic mass is 127. The van der Waals surface area contributed by atoms with Gasteiger partial charge in [0.25, 0.3) is 0 Å². The maximum atomic E-state index is 5.78. The zero-order valence-electron chi connectivity index (χ0n) is 17.3. The molecule has 2 aromatic rings. The molecule has 0 saturated heterocycles. The molecule has 0 spiro atoms. The summed E-state index contributed by atoms with van der Waals surface area (Å²) in [4.78, 5) is 8.82. The smallest absolute Gasteiger partial charge is 0.231 e. The van der Waals surface area contributed by atoms with E-state index in [1.165, 1.54) is 0 Å². The van der Waals surface area contributed by atoms with Crippen LogP contribution in [0.25, 0.3) is 0 Å². The van der Waals surface area contributed by atoms with Gasteiger partial charge < -0.3 is 29.3 Å². The van der Waals surface area contributed by atoms with Gasteiger partial charge in [-0.3, -0.25) is 0 Å². The summed E-state index contributed by atoms with van der Waals surface area (Å²) >= 11 is 0. The Labute approximate surface area is 188 Å². The lowest BCUT2D eigenvalue weighted by atomic mass is 9.94. The number of halogens is 1. The molecular formula is C20H29IN4O4. The molecule has 0 fully saturated rings. The maximum absolute atomic E-state index is 5.78. The highest BCUT2D eigenvalue weighted by molar-refractivity contribution is 14.0. The molecule has 2 N–H and O–H groups in total. The predicted molar refractivity (Wildman–Crippen MR) is 121 cm³/mol. The fraction of sp³-hybridized carbons (Fsp3) is 0.500. The van der Waals surface area contributed by atoms with Crippen LogP contribution in [-0.4, -0.2) is 37.4 Å². The lowest BCUT2D eigenvalue weighted by Gasteiger charge is -2.13. The van der Waals surface area contributed by atoms with E-state index < -0.39 is 0 Å². The molecule has 0 unspecified atom stereocenters. The Morgan fingerprint density at radius 3 is 2.72 bits per heavy atom. The molecule has 3 rings (SSSR count). The Kier molecular flexibility index (Phi) is 8.42. The van der Waals surface area contributed by atoms with E-state index in [1.54, 1.807) is 6.20 Å². The van der Waals surface area contributed by atoms with E-state index in [-0.39, 0.29) is 36.2 Å². The van der Waals surface area contributed by atoms with Crippen LogP contribution < -0.4 is 24.8 Å². The first-order chi connectivity index (χ1) is 13.5. The summed E-state index contributed by atoms with van der Waals surface area (Å²) in [7, 11) is 0. The third-order valence-corrected chi connectivity index (χ3v) is 4.02. The van der Waals surface area contributed by atoms with Gasteiger partial charge in [-0.05, 0) is 19.1 Å². The lowest BCUT2D eigenvalue weighted by Crippen LogP contribution is -2.39. The number of guanidine groups is 1. The number of aromatic nitrogens is 1. The highest BCUT2D eigenvalue weighted by Gasteiger charge is 2.19. The molecule has 0 amide bonds. The number of hydrogen-bond donors (Lipinski definition) is 2. The van der Waals surface area contributed by atoms with Crippen molar-refractivity contribution in [1.82, 2.24) is 15.6 Å². The zero-order valence-corrected chi connectivity index (χ0v) is 19.6. The summed E-state index contributed by atoms with van der Waals surface area (Å²) in [5.74, 6) is 4.33. The summed E-state index contributed by atoms with van der Waals surface area (Å²) < 4.78 is 22.2. The molecule has 0 aliphatic carbocycles. The molecule has 0 radical (unpaired) electrons. The van der Waals surface area contributed by atoms with Gasteiger partial charge in [-0.2, -0.15) is 0 Å². The Morgan fingerprint density at radius 2 is 2.00 bits per heavy atom. The Balaban J connectivity index is 0.00000300. The molecule has 0 atom stereocenters. The predicted octanol–water partition coefficient (Wildman–Crippen LogP) is 3.45. The van der Waals surface area contributed by atoms with Crippen molar-refractivity contribution in [1.29, 1.82) is 0 Å². The van der Waals surface area contributed by atoms with E-state index in [2.05, 4.69) is 41.4 Å². The SMILES string of the molecule is CCNC(=NCc1ncc(C(C)(C)C)o1)NCCOc1ccc2c(c1)OCO2.I. The van der Waals surface area contributed by atoms with Gasteiger partial charge in [0.1, 0.15) is 24.7 Å². The molecule has 1 aromatic carbocycles. The van der Waals surface area contributed by atoms with Crippen molar-refractivity contribution in [3.8, 4) is 17.2 Å². The van der Waals surface area contributed by atoms with Crippen LogP contribution in [0.2, 0.25) is 0 Å². The summed E-state index contributed by atoms with van der Waals surface area (Å²) in [5.41, 5.74) is -0.0657. The number of rotatable bonds is 7. The number of benzene rings is 1. The van der Waals surface area contributed by atoms with E-state index >= 15 is 0 Å². The monoisotopic (exact) mass is 516 g/mol.